The van der Waals surface area contributed by atoms with E-state index >= 15 is 0 Å². The van der Waals surface area contributed by atoms with E-state index in [-0.39, 0.29) is 33.9 Å². The first kappa shape index (κ1) is 19.6. The summed E-state index contributed by atoms with van der Waals surface area (Å²) in [5.74, 6) is -1.75. The van der Waals surface area contributed by atoms with Crippen molar-refractivity contribution in [3.8, 4) is 11.1 Å². The topological polar surface area (TPSA) is 62.2 Å². The number of benzene rings is 1. The molecule has 2 rings (SSSR count). The van der Waals surface area contributed by atoms with Crippen molar-refractivity contribution in [2.75, 3.05) is 5.32 Å². The average molecular weight is 360 g/mol. The number of nitrogens with one attached hydrogen (secondary N) is 1. The molecule has 4 nitrogen and oxygen atoms in total. The third-order valence-corrected chi connectivity index (χ3v) is 4.08. The number of aliphatic carboxylic acids is 1. The predicted octanol–water partition coefficient (Wildman–Crippen LogP) is 4.95. The van der Waals surface area contributed by atoms with Crippen LogP contribution in [0, 0.1) is 25.5 Å². The maximum atomic E-state index is 15.0. The molecule has 0 atom stereocenters. The fourth-order valence-corrected chi connectivity index (χ4v) is 2.66. The van der Waals surface area contributed by atoms with E-state index in [9.17, 15) is 13.6 Å². The van der Waals surface area contributed by atoms with Crippen LogP contribution in [0.5, 0.6) is 0 Å². The van der Waals surface area contributed by atoms with Crippen molar-refractivity contribution in [3.05, 3.63) is 52.2 Å². The highest BCUT2D eigenvalue weighted by Gasteiger charge is 2.21. The molecule has 0 saturated carbocycles. The van der Waals surface area contributed by atoms with Gasteiger partial charge in [-0.2, -0.15) is 0 Å². The fourth-order valence-electron chi connectivity index (χ4n) is 2.66. The molecule has 0 radical (unpaired) electrons. The molecule has 0 aliphatic carbocycles. The SMILES string of the molecule is C/C(=C\c1c(C)c(F)c(-c2ccc(NC(C)C)nc2)c(C)c1F)C(=O)O. The van der Waals surface area contributed by atoms with Gasteiger partial charge >= 0.3 is 5.97 Å². The van der Waals surface area contributed by atoms with Crippen LogP contribution in [0.2, 0.25) is 0 Å². The number of carbonyl (C=O) groups is 1. The molecule has 1 aromatic carbocycles. The van der Waals surface area contributed by atoms with Gasteiger partial charge in [0.25, 0.3) is 0 Å². The molecule has 0 unspecified atom stereocenters. The lowest BCUT2D eigenvalue weighted by Crippen LogP contribution is -2.10. The maximum Gasteiger partial charge on any atom is 0.331 e. The largest absolute Gasteiger partial charge is 0.478 e. The molecule has 0 spiro atoms. The van der Waals surface area contributed by atoms with E-state index in [1.165, 1.54) is 27.0 Å². The minimum Gasteiger partial charge on any atom is -0.478 e. The summed E-state index contributed by atoms with van der Waals surface area (Å²) >= 11 is 0. The van der Waals surface area contributed by atoms with Gasteiger partial charge in [-0.3, -0.25) is 0 Å². The van der Waals surface area contributed by atoms with E-state index < -0.39 is 17.6 Å². The molecule has 26 heavy (non-hydrogen) atoms. The molecule has 1 aromatic heterocycles. The van der Waals surface area contributed by atoms with Gasteiger partial charge in [-0.05, 0) is 64.0 Å². The lowest BCUT2D eigenvalue weighted by atomic mass is 9.93. The second-order valence-corrected chi connectivity index (χ2v) is 6.53. The zero-order chi connectivity index (χ0) is 19.6. The van der Waals surface area contributed by atoms with Crippen molar-refractivity contribution in [3.63, 3.8) is 0 Å². The Balaban J connectivity index is 2.58. The quantitative estimate of drug-likeness (QED) is 0.741. The number of pyridine rings is 1. The van der Waals surface area contributed by atoms with Crippen molar-refractivity contribution in [2.45, 2.75) is 40.7 Å². The van der Waals surface area contributed by atoms with Gasteiger partial charge in [0.2, 0.25) is 0 Å². The van der Waals surface area contributed by atoms with Crippen molar-refractivity contribution in [2.24, 2.45) is 0 Å². The number of halogens is 2. The van der Waals surface area contributed by atoms with Crippen LogP contribution < -0.4 is 5.32 Å². The Morgan fingerprint density at radius 1 is 1.19 bits per heavy atom. The highest BCUT2D eigenvalue weighted by atomic mass is 19.1. The first-order chi connectivity index (χ1) is 12.1. The first-order valence-electron chi connectivity index (χ1n) is 8.26. The number of hydrogen-bond acceptors (Lipinski definition) is 3. The van der Waals surface area contributed by atoms with Gasteiger partial charge in [0, 0.05) is 34.5 Å². The number of hydrogen-bond donors (Lipinski definition) is 2. The zero-order valence-corrected chi connectivity index (χ0v) is 15.4. The molecule has 0 amide bonds. The Morgan fingerprint density at radius 3 is 2.35 bits per heavy atom. The van der Waals surface area contributed by atoms with Crippen LogP contribution in [-0.4, -0.2) is 22.1 Å². The summed E-state index contributed by atoms with van der Waals surface area (Å²) in [7, 11) is 0. The fraction of sp³-hybridized carbons (Fsp3) is 0.300. The number of rotatable bonds is 5. The van der Waals surface area contributed by atoms with E-state index in [1.54, 1.807) is 12.1 Å². The number of nitrogens with zero attached hydrogens (tertiary/aromatic N) is 1. The second kappa shape index (κ2) is 7.64. The van der Waals surface area contributed by atoms with E-state index in [1.807, 2.05) is 13.8 Å². The monoisotopic (exact) mass is 360 g/mol. The summed E-state index contributed by atoms with van der Waals surface area (Å²) < 4.78 is 29.8. The number of carboxylic acids is 1. The minimum atomic E-state index is -1.18. The van der Waals surface area contributed by atoms with Crippen LogP contribution in [0.15, 0.2) is 23.9 Å². The van der Waals surface area contributed by atoms with Crippen LogP contribution in [0.1, 0.15) is 37.5 Å². The van der Waals surface area contributed by atoms with E-state index in [2.05, 4.69) is 10.3 Å². The summed E-state index contributed by atoms with van der Waals surface area (Å²) in [4.78, 5) is 15.2. The number of carboxylic acid groups (broad SMARTS) is 1. The van der Waals surface area contributed by atoms with Gasteiger partial charge in [-0.15, -0.1) is 0 Å². The normalized spacial score (nSPS) is 11.8. The molecule has 0 aliphatic heterocycles. The van der Waals surface area contributed by atoms with E-state index in [0.29, 0.717) is 11.4 Å². The number of anilines is 1. The van der Waals surface area contributed by atoms with Gasteiger partial charge in [0.15, 0.2) is 0 Å². The lowest BCUT2D eigenvalue weighted by molar-refractivity contribution is -0.132. The van der Waals surface area contributed by atoms with E-state index in [4.69, 9.17) is 5.11 Å². The maximum absolute atomic E-state index is 15.0. The smallest absolute Gasteiger partial charge is 0.331 e. The number of aromatic nitrogens is 1. The average Bonchev–Trinajstić information content (AvgIpc) is 2.58. The standard InChI is InChI=1S/C20H22F2N2O2/c1-10(2)24-16-7-6-14(9-23-16)17-13(5)18(21)15(12(4)19(17)22)8-11(3)20(25)26/h6-10H,1-5H3,(H,23,24)(H,25,26)/b11-8+. The van der Waals surface area contributed by atoms with Crippen LogP contribution in [0.4, 0.5) is 14.6 Å². The molecule has 0 fully saturated rings. The molecule has 0 bridgehead atoms. The van der Waals surface area contributed by atoms with Gasteiger partial charge < -0.3 is 10.4 Å². The first-order valence-corrected chi connectivity index (χ1v) is 8.26. The van der Waals surface area contributed by atoms with Crippen LogP contribution in [0.25, 0.3) is 17.2 Å². The summed E-state index contributed by atoms with van der Waals surface area (Å²) in [6, 6.07) is 3.60. The molecule has 138 valence electrons. The highest BCUT2D eigenvalue weighted by molar-refractivity contribution is 5.92. The third kappa shape index (κ3) is 3.90. The van der Waals surface area contributed by atoms with Crippen LogP contribution in [-0.2, 0) is 4.79 Å². The van der Waals surface area contributed by atoms with Gasteiger partial charge in [-0.1, -0.05) is 0 Å². The summed E-state index contributed by atoms with van der Waals surface area (Å²) in [5.41, 5.74) is 0.659. The Bertz CT molecular complexity index is 843. The molecule has 1 heterocycles. The van der Waals surface area contributed by atoms with Crippen LogP contribution >= 0.6 is 0 Å². The molecular weight excluding hydrogens is 338 g/mol. The Labute approximate surface area is 151 Å². The third-order valence-electron chi connectivity index (χ3n) is 4.08. The zero-order valence-electron chi connectivity index (χ0n) is 15.4. The summed E-state index contributed by atoms with van der Waals surface area (Å²) in [6.07, 6.45) is 2.65. The molecule has 0 aliphatic rings. The Kier molecular flexibility index (Phi) is 5.75. The van der Waals surface area contributed by atoms with Gasteiger partial charge in [-0.25, -0.2) is 18.6 Å². The predicted molar refractivity (Wildman–Crippen MR) is 99.1 cm³/mol. The second-order valence-electron chi connectivity index (χ2n) is 6.53. The van der Waals surface area contributed by atoms with Crippen molar-refractivity contribution < 1.29 is 18.7 Å². The summed E-state index contributed by atoms with van der Waals surface area (Å²) in [5, 5.41) is 12.1. The Morgan fingerprint density at radius 2 is 1.85 bits per heavy atom. The summed E-state index contributed by atoms with van der Waals surface area (Å²) in [6.45, 7) is 8.20. The molecular formula is C20H22F2N2O2. The molecule has 6 heteroatoms. The van der Waals surface area contributed by atoms with Crippen molar-refractivity contribution in [1.29, 1.82) is 0 Å². The molecule has 0 saturated heterocycles. The van der Waals surface area contributed by atoms with Gasteiger partial charge in [0.1, 0.15) is 17.5 Å². The van der Waals surface area contributed by atoms with Crippen molar-refractivity contribution >= 4 is 17.9 Å². The van der Waals surface area contributed by atoms with Crippen molar-refractivity contribution in [1.82, 2.24) is 4.98 Å². The van der Waals surface area contributed by atoms with Crippen LogP contribution in [0.3, 0.4) is 0 Å². The minimum absolute atomic E-state index is 0.0466. The highest BCUT2D eigenvalue weighted by Crippen LogP contribution is 2.34. The van der Waals surface area contributed by atoms with E-state index in [0.717, 1.165) is 6.08 Å². The molecule has 2 aromatic rings. The Hall–Kier alpha value is -2.76. The molecule has 2 N–H and O–H groups in total. The lowest BCUT2D eigenvalue weighted by Gasteiger charge is -2.15. The van der Waals surface area contributed by atoms with Gasteiger partial charge in [0.05, 0.1) is 0 Å².